The molecule has 3 rings (SSSR count). The van der Waals surface area contributed by atoms with Crippen molar-refractivity contribution >= 4 is 16.9 Å². The first-order chi connectivity index (χ1) is 10.8. The van der Waals surface area contributed by atoms with Gasteiger partial charge in [-0.15, -0.1) is 0 Å². The molecule has 0 aliphatic rings. The monoisotopic (exact) mass is 296 g/mol. The molecule has 4 heteroatoms. The molecule has 0 N–H and O–H groups in total. The fourth-order valence-electron chi connectivity index (χ4n) is 2.28. The zero-order valence-corrected chi connectivity index (χ0v) is 12.2. The molecule has 0 aliphatic heterocycles. The van der Waals surface area contributed by atoms with E-state index >= 15 is 0 Å². The van der Waals surface area contributed by atoms with Gasteiger partial charge in [-0.3, -0.25) is 0 Å². The van der Waals surface area contributed by atoms with Crippen molar-refractivity contribution in [3.05, 3.63) is 71.5 Å². The van der Waals surface area contributed by atoms with Crippen molar-refractivity contribution in [3.8, 4) is 0 Å². The summed E-state index contributed by atoms with van der Waals surface area (Å²) < 4.78 is 16.0. The molecule has 22 heavy (non-hydrogen) atoms. The van der Waals surface area contributed by atoms with E-state index in [4.69, 9.17) is 13.9 Å². The van der Waals surface area contributed by atoms with Crippen molar-refractivity contribution < 1.29 is 18.7 Å². The predicted molar refractivity (Wildman–Crippen MR) is 82.5 cm³/mol. The number of hydrogen-bond donors (Lipinski definition) is 0. The van der Waals surface area contributed by atoms with Crippen LogP contribution in [-0.2, 0) is 22.7 Å². The van der Waals surface area contributed by atoms with E-state index in [0.717, 1.165) is 16.5 Å². The number of para-hydroxylation sites is 1. The molecule has 0 saturated carbocycles. The van der Waals surface area contributed by atoms with Gasteiger partial charge >= 0.3 is 5.97 Å². The number of ether oxygens (including phenoxy) is 2. The fraction of sp³-hybridized carbons (Fsp3) is 0.167. The third-order valence-corrected chi connectivity index (χ3v) is 3.30. The minimum absolute atomic E-state index is 0.113. The van der Waals surface area contributed by atoms with Gasteiger partial charge in [0.1, 0.15) is 18.0 Å². The van der Waals surface area contributed by atoms with Crippen molar-refractivity contribution in [1.29, 1.82) is 0 Å². The van der Waals surface area contributed by atoms with Gasteiger partial charge in [-0.05, 0) is 29.8 Å². The molecule has 2 aromatic carbocycles. The SMILES string of the molecule is COCc1cccc(C(=O)OCc2cc3ccccc3o2)c1. The Morgan fingerprint density at radius 1 is 1.05 bits per heavy atom. The Morgan fingerprint density at radius 3 is 2.73 bits per heavy atom. The quantitative estimate of drug-likeness (QED) is 0.669. The summed E-state index contributed by atoms with van der Waals surface area (Å²) in [6, 6.07) is 16.8. The van der Waals surface area contributed by atoms with Gasteiger partial charge in [0.15, 0.2) is 0 Å². The first-order valence-electron chi connectivity index (χ1n) is 6.99. The molecule has 0 aliphatic carbocycles. The third-order valence-electron chi connectivity index (χ3n) is 3.30. The van der Waals surface area contributed by atoms with Crippen LogP contribution in [0.15, 0.2) is 59.0 Å². The molecule has 0 saturated heterocycles. The maximum absolute atomic E-state index is 12.1. The molecule has 1 heterocycles. The highest BCUT2D eigenvalue weighted by Gasteiger charge is 2.10. The van der Waals surface area contributed by atoms with Crippen LogP contribution in [0.3, 0.4) is 0 Å². The van der Waals surface area contributed by atoms with Gasteiger partial charge < -0.3 is 13.9 Å². The normalized spacial score (nSPS) is 10.8. The van der Waals surface area contributed by atoms with E-state index in [2.05, 4.69) is 0 Å². The number of furan rings is 1. The number of benzene rings is 2. The molecule has 112 valence electrons. The molecule has 0 fully saturated rings. The van der Waals surface area contributed by atoms with Gasteiger partial charge in [-0.1, -0.05) is 30.3 Å². The molecule has 3 aromatic rings. The van der Waals surface area contributed by atoms with Crippen LogP contribution in [0.4, 0.5) is 0 Å². The van der Waals surface area contributed by atoms with Crippen LogP contribution in [0.2, 0.25) is 0 Å². The maximum Gasteiger partial charge on any atom is 0.338 e. The lowest BCUT2D eigenvalue weighted by atomic mass is 10.1. The van der Waals surface area contributed by atoms with E-state index in [-0.39, 0.29) is 12.6 Å². The highest BCUT2D eigenvalue weighted by atomic mass is 16.5. The van der Waals surface area contributed by atoms with Crippen LogP contribution < -0.4 is 0 Å². The molecule has 1 aromatic heterocycles. The van der Waals surface area contributed by atoms with Crippen LogP contribution in [0, 0.1) is 0 Å². The lowest BCUT2D eigenvalue weighted by Crippen LogP contribution is -2.05. The van der Waals surface area contributed by atoms with Crippen molar-refractivity contribution in [2.75, 3.05) is 7.11 Å². The summed E-state index contributed by atoms with van der Waals surface area (Å²) in [6.07, 6.45) is 0. The summed E-state index contributed by atoms with van der Waals surface area (Å²) in [7, 11) is 1.62. The van der Waals surface area contributed by atoms with Crippen LogP contribution in [-0.4, -0.2) is 13.1 Å². The first-order valence-corrected chi connectivity index (χ1v) is 6.99. The van der Waals surface area contributed by atoms with E-state index < -0.39 is 0 Å². The predicted octanol–water partition coefficient (Wildman–Crippen LogP) is 3.94. The zero-order valence-electron chi connectivity index (χ0n) is 12.2. The van der Waals surface area contributed by atoms with E-state index in [1.165, 1.54) is 0 Å². The van der Waals surface area contributed by atoms with Gasteiger partial charge in [0.2, 0.25) is 0 Å². The van der Waals surface area contributed by atoms with Crippen molar-refractivity contribution in [3.63, 3.8) is 0 Å². The Morgan fingerprint density at radius 2 is 1.91 bits per heavy atom. The molecular formula is C18H16O4. The van der Waals surface area contributed by atoms with Gasteiger partial charge in [0.25, 0.3) is 0 Å². The number of rotatable bonds is 5. The van der Waals surface area contributed by atoms with Gasteiger partial charge in [0.05, 0.1) is 12.2 Å². The largest absolute Gasteiger partial charge is 0.457 e. The topological polar surface area (TPSA) is 48.7 Å². The first kappa shape index (κ1) is 14.4. The zero-order chi connectivity index (χ0) is 15.4. The summed E-state index contributed by atoms with van der Waals surface area (Å²) >= 11 is 0. The second-order valence-electron chi connectivity index (χ2n) is 4.96. The highest BCUT2D eigenvalue weighted by Crippen LogP contribution is 2.19. The molecule has 0 atom stereocenters. The second kappa shape index (κ2) is 6.45. The minimum atomic E-state index is -0.376. The Labute approximate surface area is 128 Å². The van der Waals surface area contributed by atoms with Gasteiger partial charge in [0, 0.05) is 12.5 Å². The number of esters is 1. The Balaban J connectivity index is 1.67. The summed E-state index contributed by atoms with van der Waals surface area (Å²) in [4.78, 5) is 12.1. The summed E-state index contributed by atoms with van der Waals surface area (Å²) in [5, 5.41) is 0.996. The van der Waals surface area contributed by atoms with Crippen molar-refractivity contribution in [1.82, 2.24) is 0 Å². The Bertz CT molecular complexity index is 755. The molecule has 0 radical (unpaired) electrons. The van der Waals surface area contributed by atoms with Crippen LogP contribution in [0.25, 0.3) is 11.0 Å². The van der Waals surface area contributed by atoms with Crippen LogP contribution in [0.1, 0.15) is 21.7 Å². The molecule has 0 amide bonds. The van der Waals surface area contributed by atoms with E-state index in [1.807, 2.05) is 42.5 Å². The molecule has 0 unspecified atom stereocenters. The average Bonchev–Trinajstić information content (AvgIpc) is 2.96. The van der Waals surface area contributed by atoms with Crippen LogP contribution in [0.5, 0.6) is 0 Å². The Kier molecular flexibility index (Phi) is 4.21. The number of fused-ring (bicyclic) bond motifs is 1. The summed E-state index contributed by atoms with van der Waals surface area (Å²) in [5.74, 6) is 0.251. The number of methoxy groups -OCH3 is 1. The van der Waals surface area contributed by atoms with Crippen molar-refractivity contribution in [2.45, 2.75) is 13.2 Å². The lowest BCUT2D eigenvalue weighted by molar-refractivity contribution is 0.0447. The van der Waals surface area contributed by atoms with Crippen LogP contribution >= 0.6 is 0 Å². The van der Waals surface area contributed by atoms with Crippen molar-refractivity contribution in [2.24, 2.45) is 0 Å². The lowest BCUT2D eigenvalue weighted by Gasteiger charge is -2.05. The average molecular weight is 296 g/mol. The number of carbonyl (C=O) groups is 1. The molecule has 0 bridgehead atoms. The smallest absolute Gasteiger partial charge is 0.338 e. The fourth-order valence-corrected chi connectivity index (χ4v) is 2.28. The summed E-state index contributed by atoms with van der Waals surface area (Å²) in [5.41, 5.74) is 2.22. The van der Waals surface area contributed by atoms with Gasteiger partial charge in [-0.2, -0.15) is 0 Å². The highest BCUT2D eigenvalue weighted by molar-refractivity contribution is 5.89. The number of carbonyl (C=O) groups excluding carboxylic acids is 1. The van der Waals surface area contributed by atoms with E-state index in [0.29, 0.717) is 17.9 Å². The number of hydrogen-bond acceptors (Lipinski definition) is 4. The molecular weight excluding hydrogens is 280 g/mol. The van der Waals surface area contributed by atoms with E-state index in [9.17, 15) is 4.79 Å². The standard InChI is InChI=1S/C18H16O4/c1-20-11-13-5-4-7-15(9-13)18(19)21-12-16-10-14-6-2-3-8-17(14)22-16/h2-10H,11-12H2,1H3. The van der Waals surface area contributed by atoms with E-state index in [1.54, 1.807) is 19.2 Å². The maximum atomic E-state index is 12.1. The molecule has 0 spiro atoms. The summed E-state index contributed by atoms with van der Waals surface area (Å²) in [6.45, 7) is 0.576. The third kappa shape index (κ3) is 3.18. The van der Waals surface area contributed by atoms with Gasteiger partial charge in [-0.25, -0.2) is 4.79 Å². The second-order valence-corrected chi connectivity index (χ2v) is 4.96. The molecule has 4 nitrogen and oxygen atoms in total. The Hall–Kier alpha value is -2.59. The minimum Gasteiger partial charge on any atom is -0.457 e.